The molecule has 0 aliphatic heterocycles. The Hall–Kier alpha value is -1.99. The quantitative estimate of drug-likeness (QED) is 0.629. The van der Waals surface area contributed by atoms with Crippen molar-refractivity contribution in [3.8, 4) is 5.88 Å². The largest absolute Gasteiger partial charge is 0.470 e. The normalized spacial score (nSPS) is 11.9. The number of fused-ring (bicyclic) bond motifs is 1. The molecule has 5 nitrogen and oxygen atoms in total. The number of alkyl halides is 2. The van der Waals surface area contributed by atoms with Crippen molar-refractivity contribution in [3.63, 3.8) is 0 Å². The Kier molecular flexibility index (Phi) is 4.56. The summed E-state index contributed by atoms with van der Waals surface area (Å²) in [6, 6.07) is 3.36. The van der Waals surface area contributed by atoms with Gasteiger partial charge in [-0.2, -0.15) is 5.10 Å². The van der Waals surface area contributed by atoms with E-state index in [2.05, 4.69) is 15.1 Å². The lowest BCUT2D eigenvalue weighted by Gasteiger charge is -2.12. The molecule has 3 heterocycles. The number of hydrogen-bond acceptors (Lipinski definition) is 4. The molecule has 0 aliphatic carbocycles. The van der Waals surface area contributed by atoms with Crippen LogP contribution in [0.1, 0.15) is 12.5 Å². The molecule has 0 saturated carbocycles. The van der Waals surface area contributed by atoms with Crippen molar-refractivity contribution in [3.05, 3.63) is 46.5 Å². The summed E-state index contributed by atoms with van der Waals surface area (Å²) in [5.74, 6) is -2.98. The first-order valence-corrected chi connectivity index (χ1v) is 7.70. The van der Waals surface area contributed by atoms with E-state index in [1.165, 1.54) is 6.20 Å². The van der Waals surface area contributed by atoms with Gasteiger partial charge in [0, 0.05) is 25.5 Å². The molecular formula is C15H12Cl2F2N4O. The van der Waals surface area contributed by atoms with Gasteiger partial charge in [-0.25, -0.2) is 18.7 Å². The van der Waals surface area contributed by atoms with Gasteiger partial charge in [0.15, 0.2) is 6.61 Å². The summed E-state index contributed by atoms with van der Waals surface area (Å²) < 4.78 is 32.2. The lowest BCUT2D eigenvalue weighted by atomic mass is 10.3. The van der Waals surface area contributed by atoms with Gasteiger partial charge in [-0.3, -0.25) is 4.68 Å². The molecule has 0 N–H and O–H groups in total. The SMILES string of the molecule is CC(F)(F)COc1ncc(Cn2cc3c(Cl)nccc3n2)cc1Cl. The minimum Gasteiger partial charge on any atom is -0.470 e. The van der Waals surface area contributed by atoms with E-state index in [4.69, 9.17) is 27.9 Å². The molecule has 0 aliphatic rings. The second-order valence-corrected chi connectivity index (χ2v) is 6.12. The third kappa shape index (κ3) is 3.91. The van der Waals surface area contributed by atoms with Crippen molar-refractivity contribution < 1.29 is 13.5 Å². The van der Waals surface area contributed by atoms with Crippen molar-refractivity contribution in [1.29, 1.82) is 0 Å². The monoisotopic (exact) mass is 372 g/mol. The number of ether oxygens (including phenoxy) is 1. The van der Waals surface area contributed by atoms with Crippen LogP contribution in [0, 0.1) is 0 Å². The molecule has 0 saturated heterocycles. The van der Waals surface area contributed by atoms with Crippen LogP contribution in [0.25, 0.3) is 10.9 Å². The lowest BCUT2D eigenvalue weighted by Crippen LogP contribution is -2.21. The first kappa shape index (κ1) is 16.9. The molecule has 0 unspecified atom stereocenters. The second kappa shape index (κ2) is 6.49. The van der Waals surface area contributed by atoms with E-state index in [0.29, 0.717) is 11.7 Å². The van der Waals surface area contributed by atoms with Crippen LogP contribution < -0.4 is 4.74 Å². The van der Waals surface area contributed by atoms with E-state index >= 15 is 0 Å². The van der Waals surface area contributed by atoms with Crippen LogP contribution >= 0.6 is 23.2 Å². The number of pyridine rings is 2. The molecule has 3 aromatic heterocycles. The number of aromatic nitrogens is 4. The van der Waals surface area contributed by atoms with Gasteiger partial charge >= 0.3 is 0 Å². The van der Waals surface area contributed by atoms with E-state index < -0.39 is 12.5 Å². The van der Waals surface area contributed by atoms with Crippen LogP contribution in [0.5, 0.6) is 5.88 Å². The predicted octanol–water partition coefficient (Wildman–Crippen LogP) is 4.22. The summed E-state index contributed by atoms with van der Waals surface area (Å²) in [6.45, 7) is 0.370. The van der Waals surface area contributed by atoms with Gasteiger partial charge in [0.1, 0.15) is 10.2 Å². The Labute approximate surface area is 146 Å². The Balaban J connectivity index is 1.77. The third-order valence-corrected chi connectivity index (χ3v) is 3.68. The van der Waals surface area contributed by atoms with Gasteiger partial charge < -0.3 is 4.74 Å². The standard InChI is InChI=1S/C15H12Cl2F2N4O/c1-15(18,19)8-24-14-11(16)4-9(5-21-14)6-23-7-10-12(22-23)2-3-20-13(10)17/h2-5,7H,6,8H2,1H3. The first-order chi connectivity index (χ1) is 11.3. The molecule has 0 fully saturated rings. The zero-order valence-corrected chi connectivity index (χ0v) is 14.0. The molecule has 0 aromatic carbocycles. The van der Waals surface area contributed by atoms with E-state index in [1.807, 2.05) is 0 Å². The highest BCUT2D eigenvalue weighted by Crippen LogP contribution is 2.25. The molecule has 0 atom stereocenters. The summed E-state index contributed by atoms with van der Waals surface area (Å²) in [7, 11) is 0. The Morgan fingerprint density at radius 1 is 1.29 bits per heavy atom. The third-order valence-electron chi connectivity index (χ3n) is 3.10. The molecule has 0 spiro atoms. The summed E-state index contributed by atoms with van der Waals surface area (Å²) in [5, 5.41) is 5.65. The highest BCUT2D eigenvalue weighted by atomic mass is 35.5. The van der Waals surface area contributed by atoms with Gasteiger partial charge in [-0.1, -0.05) is 23.2 Å². The number of nitrogens with zero attached hydrogens (tertiary/aromatic N) is 4. The van der Waals surface area contributed by atoms with Crippen molar-refractivity contribution in [2.45, 2.75) is 19.4 Å². The van der Waals surface area contributed by atoms with E-state index in [0.717, 1.165) is 23.4 Å². The molecule has 3 aromatic rings. The molecule has 0 bridgehead atoms. The summed E-state index contributed by atoms with van der Waals surface area (Å²) in [6.07, 6.45) is 4.85. The maximum atomic E-state index is 12.8. The second-order valence-electron chi connectivity index (χ2n) is 5.35. The zero-order valence-electron chi connectivity index (χ0n) is 12.5. The summed E-state index contributed by atoms with van der Waals surface area (Å²) in [5.41, 5.74) is 1.46. The van der Waals surface area contributed by atoms with Crippen molar-refractivity contribution in [1.82, 2.24) is 19.7 Å². The molecule has 0 amide bonds. The van der Waals surface area contributed by atoms with Gasteiger partial charge in [-0.15, -0.1) is 0 Å². The molecule has 24 heavy (non-hydrogen) atoms. The van der Waals surface area contributed by atoms with E-state index in [-0.39, 0.29) is 10.9 Å². The average Bonchev–Trinajstić information content (AvgIpc) is 2.89. The maximum absolute atomic E-state index is 12.8. The van der Waals surface area contributed by atoms with Gasteiger partial charge in [-0.05, 0) is 17.7 Å². The van der Waals surface area contributed by atoms with Crippen LogP contribution in [-0.4, -0.2) is 32.3 Å². The lowest BCUT2D eigenvalue weighted by molar-refractivity contribution is -0.0242. The summed E-state index contributed by atoms with van der Waals surface area (Å²) in [4.78, 5) is 7.98. The smallest absolute Gasteiger partial charge is 0.278 e. The maximum Gasteiger partial charge on any atom is 0.278 e. The molecule has 3 rings (SSSR count). The summed E-state index contributed by atoms with van der Waals surface area (Å²) >= 11 is 12.1. The van der Waals surface area contributed by atoms with Crippen LogP contribution in [0.15, 0.2) is 30.7 Å². The molecule has 126 valence electrons. The van der Waals surface area contributed by atoms with Crippen LogP contribution in [0.3, 0.4) is 0 Å². The van der Waals surface area contributed by atoms with Gasteiger partial charge in [0.25, 0.3) is 5.92 Å². The fraction of sp³-hybridized carbons (Fsp3) is 0.267. The number of hydrogen-bond donors (Lipinski definition) is 0. The average molecular weight is 373 g/mol. The van der Waals surface area contributed by atoms with Gasteiger partial charge in [0.05, 0.1) is 17.4 Å². The first-order valence-electron chi connectivity index (χ1n) is 6.94. The fourth-order valence-corrected chi connectivity index (χ4v) is 2.53. The molecular weight excluding hydrogens is 361 g/mol. The Morgan fingerprint density at radius 2 is 2.08 bits per heavy atom. The Bertz CT molecular complexity index is 880. The van der Waals surface area contributed by atoms with Gasteiger partial charge in [0.2, 0.25) is 5.88 Å². The van der Waals surface area contributed by atoms with Crippen molar-refractivity contribution >= 4 is 34.1 Å². The molecule has 0 radical (unpaired) electrons. The highest BCUT2D eigenvalue weighted by molar-refractivity contribution is 6.34. The number of halogens is 4. The van der Waals surface area contributed by atoms with Crippen LogP contribution in [0.2, 0.25) is 10.2 Å². The Morgan fingerprint density at radius 3 is 2.75 bits per heavy atom. The van der Waals surface area contributed by atoms with E-state index in [9.17, 15) is 8.78 Å². The minimum absolute atomic E-state index is 0.0280. The van der Waals surface area contributed by atoms with Crippen LogP contribution in [-0.2, 0) is 6.54 Å². The zero-order chi connectivity index (χ0) is 17.3. The fourth-order valence-electron chi connectivity index (χ4n) is 2.08. The van der Waals surface area contributed by atoms with Crippen molar-refractivity contribution in [2.75, 3.05) is 6.61 Å². The minimum atomic E-state index is -2.95. The highest BCUT2D eigenvalue weighted by Gasteiger charge is 2.23. The predicted molar refractivity (Wildman–Crippen MR) is 87.0 cm³/mol. The van der Waals surface area contributed by atoms with Crippen LogP contribution in [0.4, 0.5) is 8.78 Å². The molecule has 9 heteroatoms. The van der Waals surface area contributed by atoms with Crippen molar-refractivity contribution in [2.24, 2.45) is 0 Å². The van der Waals surface area contributed by atoms with E-state index in [1.54, 1.807) is 29.2 Å². The topological polar surface area (TPSA) is 52.8 Å². The number of rotatable bonds is 5.